The number of allylic oxidation sites excluding steroid dienone is 1. The summed E-state index contributed by atoms with van der Waals surface area (Å²) < 4.78 is 13.5. The van der Waals surface area contributed by atoms with Gasteiger partial charge in [-0.1, -0.05) is 24.3 Å². The van der Waals surface area contributed by atoms with Crippen molar-refractivity contribution in [1.29, 1.82) is 0 Å². The van der Waals surface area contributed by atoms with Crippen molar-refractivity contribution in [2.75, 3.05) is 0 Å². The molecule has 80 valence electrons. The lowest BCUT2D eigenvalue weighted by atomic mass is 9.80. The third kappa shape index (κ3) is 2.26. The van der Waals surface area contributed by atoms with Gasteiger partial charge in [-0.3, -0.25) is 4.79 Å². The summed E-state index contributed by atoms with van der Waals surface area (Å²) >= 11 is 5.52. The second-order valence-electron chi connectivity index (χ2n) is 3.58. The highest BCUT2D eigenvalue weighted by Crippen LogP contribution is 2.32. The Morgan fingerprint density at radius 3 is 2.67 bits per heavy atom. The van der Waals surface area contributed by atoms with E-state index in [-0.39, 0.29) is 0 Å². The molecule has 15 heavy (non-hydrogen) atoms. The minimum absolute atomic E-state index is 0.310. The van der Waals surface area contributed by atoms with E-state index in [1.54, 1.807) is 31.2 Å². The summed E-state index contributed by atoms with van der Waals surface area (Å²) in [4.78, 5) is 11.4. The van der Waals surface area contributed by atoms with Crippen LogP contribution in [-0.2, 0) is 10.2 Å². The third-order valence-electron chi connectivity index (χ3n) is 2.45. The van der Waals surface area contributed by atoms with Gasteiger partial charge in [0.15, 0.2) is 0 Å². The van der Waals surface area contributed by atoms with Gasteiger partial charge in [0, 0.05) is 5.56 Å². The number of carbonyl (C=O) groups is 1. The lowest BCUT2D eigenvalue weighted by molar-refractivity contribution is -0.116. The zero-order valence-electron chi connectivity index (χ0n) is 8.47. The van der Waals surface area contributed by atoms with Crippen molar-refractivity contribution in [2.45, 2.75) is 18.8 Å². The van der Waals surface area contributed by atoms with Crippen molar-refractivity contribution in [3.63, 3.8) is 0 Å². The molecule has 0 N–H and O–H groups in total. The fraction of sp³-hybridized carbons (Fsp3) is 0.250. The largest absolute Gasteiger partial charge is 0.280 e. The summed E-state index contributed by atoms with van der Waals surface area (Å²) in [5.74, 6) is -0.421. The highest BCUT2D eigenvalue weighted by atomic mass is 35.5. The van der Waals surface area contributed by atoms with Crippen molar-refractivity contribution >= 4 is 16.8 Å². The van der Waals surface area contributed by atoms with Gasteiger partial charge in [0.05, 0.1) is 5.41 Å². The van der Waals surface area contributed by atoms with Gasteiger partial charge in [-0.05, 0) is 31.0 Å². The smallest absolute Gasteiger partial charge is 0.232 e. The van der Waals surface area contributed by atoms with Crippen LogP contribution in [0.4, 0.5) is 4.39 Å². The topological polar surface area (TPSA) is 17.1 Å². The Morgan fingerprint density at radius 1 is 1.60 bits per heavy atom. The Hall–Kier alpha value is -1.15. The third-order valence-corrected chi connectivity index (χ3v) is 2.87. The van der Waals surface area contributed by atoms with Crippen molar-refractivity contribution in [3.8, 4) is 0 Å². The predicted octanol–water partition coefficient (Wildman–Crippen LogP) is 3.42. The Bertz CT molecular complexity index is 389. The highest BCUT2D eigenvalue weighted by Gasteiger charge is 2.34. The maximum absolute atomic E-state index is 13.5. The molecule has 0 aliphatic carbocycles. The Kier molecular flexibility index (Phi) is 3.64. The second kappa shape index (κ2) is 4.58. The summed E-state index contributed by atoms with van der Waals surface area (Å²) in [5, 5.41) is -0.576. The lowest BCUT2D eigenvalue weighted by Gasteiger charge is -2.24. The van der Waals surface area contributed by atoms with E-state index in [1.165, 1.54) is 6.07 Å². The van der Waals surface area contributed by atoms with Gasteiger partial charge in [-0.2, -0.15) is 0 Å². The van der Waals surface area contributed by atoms with Gasteiger partial charge in [0.1, 0.15) is 5.82 Å². The molecule has 1 unspecified atom stereocenters. The lowest BCUT2D eigenvalue weighted by Crippen LogP contribution is -2.29. The van der Waals surface area contributed by atoms with Crippen LogP contribution in [0.3, 0.4) is 0 Å². The molecule has 3 heteroatoms. The zero-order chi connectivity index (χ0) is 11.5. The number of hydrogen-bond donors (Lipinski definition) is 0. The fourth-order valence-electron chi connectivity index (χ4n) is 1.49. The number of rotatable bonds is 4. The maximum atomic E-state index is 13.5. The predicted molar refractivity (Wildman–Crippen MR) is 59.4 cm³/mol. The first-order chi connectivity index (χ1) is 7.02. The van der Waals surface area contributed by atoms with Crippen LogP contribution in [-0.4, -0.2) is 5.24 Å². The fourth-order valence-corrected chi connectivity index (χ4v) is 1.67. The van der Waals surface area contributed by atoms with Gasteiger partial charge >= 0.3 is 0 Å². The molecular weight excluding hydrogens is 215 g/mol. The van der Waals surface area contributed by atoms with Crippen molar-refractivity contribution < 1.29 is 9.18 Å². The van der Waals surface area contributed by atoms with Gasteiger partial charge in [0.25, 0.3) is 0 Å². The molecule has 0 aliphatic rings. The van der Waals surface area contributed by atoms with Crippen LogP contribution in [0.5, 0.6) is 0 Å². The summed E-state index contributed by atoms with van der Waals surface area (Å²) in [5.41, 5.74) is -0.723. The van der Waals surface area contributed by atoms with Crippen LogP contribution in [0.1, 0.15) is 18.9 Å². The molecule has 1 aromatic carbocycles. The SMILES string of the molecule is C=CCC(C)(C(=O)Cl)c1ccccc1F. The van der Waals surface area contributed by atoms with E-state index in [0.29, 0.717) is 12.0 Å². The first-order valence-electron chi connectivity index (χ1n) is 4.58. The Labute approximate surface area is 93.6 Å². The van der Waals surface area contributed by atoms with Crippen molar-refractivity contribution in [1.82, 2.24) is 0 Å². The molecule has 0 spiro atoms. The first kappa shape index (κ1) is 11.9. The van der Waals surface area contributed by atoms with E-state index in [2.05, 4.69) is 6.58 Å². The molecular formula is C12H12ClFO. The average molecular weight is 227 g/mol. The molecule has 1 nitrogen and oxygen atoms in total. The molecule has 0 saturated carbocycles. The number of hydrogen-bond acceptors (Lipinski definition) is 1. The highest BCUT2D eigenvalue weighted by molar-refractivity contribution is 6.65. The van der Waals surface area contributed by atoms with Gasteiger partial charge in [-0.15, -0.1) is 6.58 Å². The van der Waals surface area contributed by atoms with Crippen LogP contribution in [0, 0.1) is 5.82 Å². The van der Waals surface area contributed by atoms with Gasteiger partial charge in [0.2, 0.25) is 5.24 Å². The molecule has 1 aromatic rings. The Morgan fingerprint density at radius 2 is 2.20 bits per heavy atom. The summed E-state index contributed by atoms with van der Waals surface area (Å²) in [6.07, 6.45) is 1.88. The van der Waals surface area contributed by atoms with E-state index >= 15 is 0 Å². The van der Waals surface area contributed by atoms with E-state index < -0.39 is 16.5 Å². The number of benzene rings is 1. The zero-order valence-corrected chi connectivity index (χ0v) is 9.22. The Balaban J connectivity index is 3.27. The molecule has 0 bridgehead atoms. The van der Waals surface area contributed by atoms with E-state index in [9.17, 15) is 9.18 Å². The van der Waals surface area contributed by atoms with Gasteiger partial charge in [-0.25, -0.2) is 4.39 Å². The van der Waals surface area contributed by atoms with E-state index in [0.717, 1.165) is 0 Å². The minimum atomic E-state index is -1.03. The molecule has 1 rings (SSSR count). The number of carbonyl (C=O) groups excluding carboxylic acids is 1. The molecule has 0 aliphatic heterocycles. The standard InChI is InChI=1S/C12H12ClFO/c1-3-8-12(2,11(13)15)9-6-4-5-7-10(9)14/h3-7H,1,8H2,2H3. The van der Waals surface area contributed by atoms with Crippen LogP contribution in [0.2, 0.25) is 0 Å². The molecule has 0 saturated heterocycles. The van der Waals surface area contributed by atoms with Crippen molar-refractivity contribution in [3.05, 3.63) is 48.3 Å². The monoisotopic (exact) mass is 226 g/mol. The molecule has 0 radical (unpaired) electrons. The molecule has 0 aromatic heterocycles. The maximum Gasteiger partial charge on any atom is 0.232 e. The van der Waals surface area contributed by atoms with E-state index in [1.807, 2.05) is 0 Å². The summed E-state index contributed by atoms with van der Waals surface area (Å²) in [6, 6.07) is 6.14. The number of halogens is 2. The van der Waals surface area contributed by atoms with Gasteiger partial charge < -0.3 is 0 Å². The quantitative estimate of drug-likeness (QED) is 0.568. The van der Waals surface area contributed by atoms with Crippen LogP contribution in [0.25, 0.3) is 0 Å². The normalized spacial score (nSPS) is 14.3. The average Bonchev–Trinajstić information content (AvgIpc) is 2.18. The van der Waals surface area contributed by atoms with Crippen LogP contribution in [0.15, 0.2) is 36.9 Å². The van der Waals surface area contributed by atoms with Crippen molar-refractivity contribution in [2.24, 2.45) is 0 Å². The second-order valence-corrected chi connectivity index (χ2v) is 3.92. The molecule has 0 heterocycles. The first-order valence-corrected chi connectivity index (χ1v) is 4.96. The van der Waals surface area contributed by atoms with Crippen LogP contribution >= 0.6 is 11.6 Å². The van der Waals surface area contributed by atoms with Crippen LogP contribution < -0.4 is 0 Å². The summed E-state index contributed by atoms with van der Waals surface area (Å²) in [7, 11) is 0. The van der Waals surface area contributed by atoms with E-state index in [4.69, 9.17) is 11.6 Å². The molecule has 1 atom stereocenters. The molecule has 0 fully saturated rings. The summed E-state index contributed by atoms with van der Waals surface area (Å²) in [6.45, 7) is 5.16. The minimum Gasteiger partial charge on any atom is -0.280 e. The molecule has 0 amide bonds.